The van der Waals surface area contributed by atoms with Gasteiger partial charge in [0.25, 0.3) is 5.54 Å². The second-order valence-electron chi connectivity index (χ2n) is 12.0. The maximum absolute atomic E-state index is 14.9. The Bertz CT molecular complexity index is 2100. The van der Waals surface area contributed by atoms with E-state index in [0.717, 1.165) is 16.7 Å². The topological polar surface area (TPSA) is 7.76 Å². The minimum absolute atomic E-state index is 0.226. The Morgan fingerprint density at radius 2 is 1.28 bits per heavy atom. The van der Waals surface area contributed by atoms with Gasteiger partial charge >= 0.3 is 18.5 Å². The van der Waals surface area contributed by atoms with Crippen molar-refractivity contribution in [2.24, 2.45) is 0 Å². The van der Waals surface area contributed by atoms with Crippen molar-refractivity contribution in [3.05, 3.63) is 131 Å². The molecule has 1 saturated carbocycles. The summed E-state index contributed by atoms with van der Waals surface area (Å²) >= 11 is 0. The molecule has 1 fully saturated rings. The van der Waals surface area contributed by atoms with Crippen molar-refractivity contribution in [2.75, 3.05) is 0 Å². The molecular formula is C35H21F9N2+2. The number of aryl methyl sites for hydroxylation is 1. The van der Waals surface area contributed by atoms with Crippen LogP contribution in [-0.4, -0.2) is 0 Å². The molecule has 2 nitrogen and oxygen atoms in total. The van der Waals surface area contributed by atoms with E-state index >= 15 is 0 Å². The molecule has 2 aromatic heterocycles. The second kappa shape index (κ2) is 8.98. The van der Waals surface area contributed by atoms with E-state index < -0.39 is 63.8 Å². The lowest BCUT2D eigenvalue weighted by atomic mass is 9.84. The number of nitrogens with zero attached hydrogens (tertiary/aromatic N) is 2. The van der Waals surface area contributed by atoms with Crippen LogP contribution in [0.4, 0.5) is 39.5 Å². The van der Waals surface area contributed by atoms with Gasteiger partial charge in [0, 0.05) is 28.8 Å². The van der Waals surface area contributed by atoms with Crippen LogP contribution in [0.1, 0.15) is 45.3 Å². The molecule has 3 atom stereocenters. The predicted octanol–water partition coefficient (Wildman–Crippen LogP) is 9.04. The zero-order valence-corrected chi connectivity index (χ0v) is 23.7. The number of fused-ring (bicyclic) bond motifs is 13. The molecule has 3 aliphatic rings. The molecule has 3 unspecified atom stereocenters. The van der Waals surface area contributed by atoms with Crippen LogP contribution < -0.4 is 9.13 Å². The average molecular weight is 641 g/mol. The monoisotopic (exact) mass is 640 g/mol. The number of hydrogen-bond acceptors (Lipinski definition) is 0. The number of hydrogen-bond donors (Lipinski definition) is 0. The lowest BCUT2D eigenvalue weighted by Gasteiger charge is -2.26. The Morgan fingerprint density at radius 1 is 0.630 bits per heavy atom. The Balaban J connectivity index is 1.52. The van der Waals surface area contributed by atoms with Gasteiger partial charge in [0.15, 0.2) is 12.4 Å². The summed E-state index contributed by atoms with van der Waals surface area (Å²) in [4.78, 5) is 0. The molecule has 1 aliphatic carbocycles. The van der Waals surface area contributed by atoms with Crippen LogP contribution in [0.25, 0.3) is 33.6 Å². The molecule has 232 valence electrons. The van der Waals surface area contributed by atoms with Crippen molar-refractivity contribution in [2.45, 2.75) is 43.0 Å². The van der Waals surface area contributed by atoms with E-state index in [-0.39, 0.29) is 5.69 Å². The van der Waals surface area contributed by atoms with Crippen LogP contribution in [0.3, 0.4) is 0 Å². The molecular weight excluding hydrogens is 619 g/mol. The molecule has 0 bridgehead atoms. The van der Waals surface area contributed by atoms with Crippen LogP contribution in [0.2, 0.25) is 0 Å². The number of benzene rings is 3. The highest BCUT2D eigenvalue weighted by Gasteiger charge is 2.86. The molecule has 0 amide bonds. The van der Waals surface area contributed by atoms with Crippen molar-refractivity contribution in [3.8, 4) is 33.6 Å². The smallest absolute Gasteiger partial charge is 0.187 e. The van der Waals surface area contributed by atoms with Gasteiger partial charge in [-0.2, -0.15) is 48.6 Å². The van der Waals surface area contributed by atoms with Gasteiger partial charge in [-0.1, -0.05) is 48.5 Å². The Labute approximate surface area is 256 Å². The summed E-state index contributed by atoms with van der Waals surface area (Å²) in [7, 11) is 0. The Morgan fingerprint density at radius 3 is 1.96 bits per heavy atom. The fourth-order valence-corrected chi connectivity index (χ4v) is 7.87. The maximum atomic E-state index is 14.9. The summed E-state index contributed by atoms with van der Waals surface area (Å²) in [6.07, 6.45) is -14.0. The standard InChI is InChI=1S/C35H21F9N2/c1-18-11-13-26-27-22(15-24(33(36,37)38)29(34(39,40)41)30(27)35(42,43)44)28-31(45(26)16-18)32(28)23-10-6-5-9-21(23)25-14-12-20(17-46(25)32)19-7-3-2-4-8-19/h2-17,28,31H,1H3/q+2. The van der Waals surface area contributed by atoms with Gasteiger partial charge in [-0.05, 0) is 42.3 Å². The number of rotatable bonds is 1. The van der Waals surface area contributed by atoms with Crippen LogP contribution in [-0.2, 0) is 24.1 Å². The largest absolute Gasteiger partial charge is 0.417 e. The van der Waals surface area contributed by atoms with E-state index in [1.54, 1.807) is 31.3 Å². The molecule has 4 heterocycles. The van der Waals surface area contributed by atoms with Crippen LogP contribution >= 0.6 is 0 Å². The minimum Gasteiger partial charge on any atom is -0.187 e. The fourth-order valence-electron chi connectivity index (χ4n) is 7.87. The van der Waals surface area contributed by atoms with Gasteiger partial charge in [-0.3, -0.25) is 0 Å². The Kier molecular flexibility index (Phi) is 5.62. The fraction of sp³-hybridized carbons (Fsp3) is 0.200. The lowest BCUT2D eigenvalue weighted by molar-refractivity contribution is -0.771. The Hall–Kier alpha value is -4.67. The summed E-state index contributed by atoms with van der Waals surface area (Å²) in [5.74, 6) is -1.05. The first-order chi connectivity index (χ1) is 21.6. The highest BCUT2D eigenvalue weighted by atomic mass is 19.4. The summed E-state index contributed by atoms with van der Waals surface area (Å²) < 4.78 is 134. The van der Waals surface area contributed by atoms with Crippen molar-refractivity contribution >= 4 is 0 Å². The van der Waals surface area contributed by atoms with E-state index in [9.17, 15) is 39.5 Å². The SMILES string of the molecule is Cc1ccc2[n+](c1)C1C(c3cc(C(F)(F)F)c(C(F)(F)F)c(C(F)(F)F)c3-2)C12c1ccccc1-c1ccc(-c3ccccc3)c[n+]12. The zero-order chi connectivity index (χ0) is 32.6. The van der Waals surface area contributed by atoms with Crippen molar-refractivity contribution < 1.29 is 48.6 Å². The zero-order valence-electron chi connectivity index (χ0n) is 23.7. The minimum atomic E-state index is -5.94. The summed E-state index contributed by atoms with van der Waals surface area (Å²) in [6, 6.07) is 22.5. The quantitative estimate of drug-likeness (QED) is 0.128. The maximum Gasteiger partial charge on any atom is 0.417 e. The molecule has 5 aromatic rings. The molecule has 1 spiro atoms. The van der Waals surface area contributed by atoms with Crippen LogP contribution in [0, 0.1) is 6.92 Å². The van der Waals surface area contributed by atoms with Crippen molar-refractivity contribution in [3.63, 3.8) is 0 Å². The molecule has 0 N–H and O–H groups in total. The van der Waals surface area contributed by atoms with Gasteiger partial charge in [0.1, 0.15) is 5.92 Å². The van der Waals surface area contributed by atoms with Crippen molar-refractivity contribution in [1.82, 2.24) is 0 Å². The molecule has 0 radical (unpaired) electrons. The molecule has 2 aliphatic heterocycles. The van der Waals surface area contributed by atoms with Gasteiger partial charge in [-0.25, -0.2) is 0 Å². The summed E-state index contributed by atoms with van der Waals surface area (Å²) in [6.45, 7) is 1.70. The first kappa shape index (κ1) is 28.8. The van der Waals surface area contributed by atoms with Crippen LogP contribution in [0.15, 0.2) is 97.3 Å². The van der Waals surface area contributed by atoms with E-state index in [1.165, 1.54) is 16.7 Å². The number of halogens is 9. The summed E-state index contributed by atoms with van der Waals surface area (Å²) in [5, 5.41) is 0. The molecule has 46 heavy (non-hydrogen) atoms. The molecule has 11 heteroatoms. The van der Waals surface area contributed by atoms with Gasteiger partial charge < -0.3 is 0 Å². The number of alkyl halides is 9. The number of pyridine rings is 2. The van der Waals surface area contributed by atoms with Gasteiger partial charge in [0.05, 0.1) is 27.8 Å². The third-order valence-corrected chi connectivity index (χ3v) is 9.47. The van der Waals surface area contributed by atoms with E-state index in [2.05, 4.69) is 0 Å². The third-order valence-electron chi connectivity index (χ3n) is 9.47. The molecule has 8 rings (SSSR count). The first-order valence-corrected chi connectivity index (χ1v) is 14.3. The van der Waals surface area contributed by atoms with Crippen LogP contribution in [0.5, 0.6) is 0 Å². The van der Waals surface area contributed by atoms with Crippen molar-refractivity contribution in [1.29, 1.82) is 0 Å². The second-order valence-corrected chi connectivity index (χ2v) is 12.0. The normalized spacial score (nSPS) is 20.9. The average Bonchev–Trinajstić information content (AvgIpc) is 3.62. The van der Waals surface area contributed by atoms with Gasteiger partial charge in [-0.15, -0.1) is 0 Å². The lowest BCUT2D eigenvalue weighted by Crippen LogP contribution is -2.51. The highest BCUT2D eigenvalue weighted by molar-refractivity contribution is 5.78. The molecule has 3 aromatic carbocycles. The predicted molar refractivity (Wildman–Crippen MR) is 148 cm³/mol. The third kappa shape index (κ3) is 3.74. The van der Waals surface area contributed by atoms with E-state index in [1.807, 2.05) is 59.3 Å². The number of aromatic nitrogens is 2. The van der Waals surface area contributed by atoms with E-state index in [0.29, 0.717) is 22.9 Å². The molecule has 0 saturated heterocycles. The first-order valence-electron chi connectivity index (χ1n) is 14.3. The van der Waals surface area contributed by atoms with Gasteiger partial charge in [0.2, 0.25) is 17.4 Å². The van der Waals surface area contributed by atoms with E-state index in [4.69, 9.17) is 0 Å². The highest BCUT2D eigenvalue weighted by Crippen LogP contribution is 2.71. The summed E-state index contributed by atoms with van der Waals surface area (Å²) in [5.41, 5.74) is -5.80.